The van der Waals surface area contributed by atoms with Crippen molar-refractivity contribution in [3.8, 4) is 0 Å². The molecular formula is C12H20N4. The quantitative estimate of drug-likeness (QED) is 0.839. The van der Waals surface area contributed by atoms with Gasteiger partial charge >= 0.3 is 0 Å². The fourth-order valence-corrected chi connectivity index (χ4v) is 3.42. The third-order valence-corrected chi connectivity index (χ3v) is 4.19. The van der Waals surface area contributed by atoms with E-state index in [2.05, 4.69) is 21.7 Å². The molecule has 0 saturated heterocycles. The van der Waals surface area contributed by atoms with Crippen molar-refractivity contribution in [2.45, 2.75) is 51.6 Å². The van der Waals surface area contributed by atoms with Crippen molar-refractivity contribution >= 4 is 0 Å². The van der Waals surface area contributed by atoms with E-state index in [4.69, 9.17) is 5.73 Å². The topological polar surface area (TPSA) is 56.7 Å². The average Bonchev–Trinajstić information content (AvgIpc) is 2.72. The first kappa shape index (κ1) is 10.3. The summed E-state index contributed by atoms with van der Waals surface area (Å²) in [6.07, 6.45) is 5.33. The number of hydrogen-bond donors (Lipinski definition) is 1. The van der Waals surface area contributed by atoms with E-state index in [1.807, 2.05) is 0 Å². The van der Waals surface area contributed by atoms with Gasteiger partial charge in [0.2, 0.25) is 0 Å². The van der Waals surface area contributed by atoms with Crippen molar-refractivity contribution < 1.29 is 0 Å². The van der Waals surface area contributed by atoms with Crippen LogP contribution < -0.4 is 5.73 Å². The zero-order valence-corrected chi connectivity index (χ0v) is 9.89. The van der Waals surface area contributed by atoms with Crippen LogP contribution in [0.5, 0.6) is 0 Å². The van der Waals surface area contributed by atoms with Crippen LogP contribution in [0.1, 0.15) is 50.2 Å². The molecule has 0 radical (unpaired) electrons. The molecule has 2 unspecified atom stereocenters. The van der Waals surface area contributed by atoms with Gasteiger partial charge in [-0.05, 0) is 31.1 Å². The van der Waals surface area contributed by atoms with Crippen molar-refractivity contribution in [3.05, 3.63) is 11.6 Å². The predicted molar refractivity (Wildman–Crippen MR) is 61.8 cm³/mol. The lowest BCUT2D eigenvalue weighted by molar-refractivity contribution is 0.574. The van der Waals surface area contributed by atoms with E-state index in [1.165, 1.54) is 25.1 Å². The zero-order valence-electron chi connectivity index (χ0n) is 9.89. The molecule has 88 valence electrons. The summed E-state index contributed by atoms with van der Waals surface area (Å²) in [5, 5.41) is 8.61. The number of aromatic nitrogens is 3. The number of hydrogen-bond acceptors (Lipinski definition) is 3. The van der Waals surface area contributed by atoms with E-state index in [-0.39, 0.29) is 0 Å². The molecule has 4 heteroatoms. The Morgan fingerprint density at radius 1 is 1.31 bits per heavy atom. The van der Waals surface area contributed by atoms with Crippen LogP contribution in [0.4, 0.5) is 0 Å². The Morgan fingerprint density at radius 2 is 2.06 bits per heavy atom. The van der Waals surface area contributed by atoms with Gasteiger partial charge in [-0.1, -0.05) is 13.3 Å². The monoisotopic (exact) mass is 220 g/mol. The number of nitrogens with zero attached hydrogens (tertiary/aromatic N) is 3. The molecule has 4 nitrogen and oxygen atoms in total. The number of rotatable bonds is 4. The molecule has 16 heavy (non-hydrogen) atoms. The summed E-state index contributed by atoms with van der Waals surface area (Å²) in [5.74, 6) is 4.70. The Kier molecular flexibility index (Phi) is 2.46. The lowest BCUT2D eigenvalue weighted by Gasteiger charge is -2.08. The van der Waals surface area contributed by atoms with Crippen LogP contribution in [0.3, 0.4) is 0 Å². The molecule has 0 aliphatic heterocycles. The van der Waals surface area contributed by atoms with E-state index >= 15 is 0 Å². The Morgan fingerprint density at radius 3 is 2.69 bits per heavy atom. The maximum absolute atomic E-state index is 5.71. The fourth-order valence-electron chi connectivity index (χ4n) is 3.42. The van der Waals surface area contributed by atoms with Gasteiger partial charge in [0, 0.05) is 12.5 Å². The van der Waals surface area contributed by atoms with E-state index in [9.17, 15) is 0 Å². The highest BCUT2D eigenvalue weighted by molar-refractivity contribution is 5.19. The fraction of sp³-hybridized carbons (Fsp3) is 0.833. The molecule has 0 amide bonds. The van der Waals surface area contributed by atoms with Gasteiger partial charge in [0.05, 0.1) is 6.54 Å². The molecule has 0 bridgehead atoms. The maximum Gasteiger partial charge on any atom is 0.146 e. The molecule has 2 saturated carbocycles. The summed E-state index contributed by atoms with van der Waals surface area (Å²) < 4.78 is 2.27. The highest BCUT2D eigenvalue weighted by atomic mass is 15.3. The van der Waals surface area contributed by atoms with Crippen molar-refractivity contribution in [1.82, 2.24) is 14.8 Å². The van der Waals surface area contributed by atoms with E-state index in [1.54, 1.807) is 0 Å². The van der Waals surface area contributed by atoms with Crippen molar-refractivity contribution in [1.29, 1.82) is 0 Å². The molecule has 2 aliphatic rings. The molecule has 2 N–H and O–H groups in total. The van der Waals surface area contributed by atoms with Gasteiger partial charge in [0.25, 0.3) is 0 Å². The number of nitrogens with two attached hydrogens (primary N) is 1. The zero-order chi connectivity index (χ0) is 11.1. The molecule has 2 fully saturated rings. The van der Waals surface area contributed by atoms with Crippen LogP contribution in [-0.2, 0) is 13.1 Å². The lowest BCUT2D eigenvalue weighted by Crippen LogP contribution is -2.11. The molecule has 0 spiro atoms. The molecule has 1 heterocycles. The van der Waals surface area contributed by atoms with E-state index in [0.717, 1.165) is 30.6 Å². The third kappa shape index (κ3) is 1.39. The molecule has 1 aromatic heterocycles. The van der Waals surface area contributed by atoms with Crippen molar-refractivity contribution in [3.63, 3.8) is 0 Å². The summed E-state index contributed by atoms with van der Waals surface area (Å²) in [7, 11) is 0. The second-order valence-corrected chi connectivity index (χ2v) is 5.11. The first-order chi connectivity index (χ1) is 7.86. The number of fused-ring (bicyclic) bond motifs is 1. The minimum atomic E-state index is 0.509. The molecular weight excluding hydrogens is 200 g/mol. The Balaban J connectivity index is 1.86. The molecule has 2 aliphatic carbocycles. The Bertz CT molecular complexity index is 374. The van der Waals surface area contributed by atoms with Gasteiger partial charge < -0.3 is 10.3 Å². The first-order valence-electron chi connectivity index (χ1n) is 6.48. The summed E-state index contributed by atoms with van der Waals surface area (Å²) in [5.41, 5.74) is 5.71. The maximum atomic E-state index is 5.71. The molecule has 2 atom stereocenters. The average molecular weight is 220 g/mol. The second kappa shape index (κ2) is 3.84. The van der Waals surface area contributed by atoms with Crippen molar-refractivity contribution in [2.24, 2.45) is 17.6 Å². The van der Waals surface area contributed by atoms with Gasteiger partial charge in [0.1, 0.15) is 11.6 Å². The smallest absolute Gasteiger partial charge is 0.146 e. The highest BCUT2D eigenvalue weighted by Gasteiger charge is 2.55. The van der Waals surface area contributed by atoms with Gasteiger partial charge in [-0.2, -0.15) is 0 Å². The molecule has 3 rings (SSSR count). The predicted octanol–water partition coefficient (Wildman–Crippen LogP) is 1.66. The Hall–Kier alpha value is -0.900. The highest BCUT2D eigenvalue weighted by Crippen LogP contribution is 2.62. The molecule has 0 aromatic carbocycles. The van der Waals surface area contributed by atoms with E-state index < -0.39 is 0 Å². The van der Waals surface area contributed by atoms with Crippen LogP contribution in [0.15, 0.2) is 0 Å². The SMILES string of the molecule is CCCn1c(CN)nnc1C1C2CCCC21. The summed E-state index contributed by atoms with van der Waals surface area (Å²) in [6, 6.07) is 0. The van der Waals surface area contributed by atoms with Crippen LogP contribution in [0.25, 0.3) is 0 Å². The van der Waals surface area contributed by atoms with E-state index in [0.29, 0.717) is 12.5 Å². The van der Waals surface area contributed by atoms with Gasteiger partial charge in [-0.15, -0.1) is 10.2 Å². The summed E-state index contributed by atoms with van der Waals surface area (Å²) in [4.78, 5) is 0. The third-order valence-electron chi connectivity index (χ3n) is 4.19. The van der Waals surface area contributed by atoms with Gasteiger partial charge in [-0.3, -0.25) is 0 Å². The standard InChI is InChI=1S/C12H20N4/c1-2-6-16-10(7-13)14-15-12(16)11-8-4-3-5-9(8)11/h8-9,11H,2-7,13H2,1H3. The normalized spacial score (nSPS) is 31.8. The lowest BCUT2D eigenvalue weighted by atomic mass is 10.1. The molecule has 1 aromatic rings. The summed E-state index contributed by atoms with van der Waals surface area (Å²) in [6.45, 7) is 3.72. The second-order valence-electron chi connectivity index (χ2n) is 5.11. The minimum Gasteiger partial charge on any atom is -0.324 e. The first-order valence-corrected chi connectivity index (χ1v) is 6.48. The minimum absolute atomic E-state index is 0.509. The Labute approximate surface area is 96.2 Å². The van der Waals surface area contributed by atoms with Crippen LogP contribution in [0, 0.1) is 11.8 Å². The van der Waals surface area contributed by atoms with Crippen LogP contribution in [-0.4, -0.2) is 14.8 Å². The van der Waals surface area contributed by atoms with Crippen molar-refractivity contribution in [2.75, 3.05) is 0 Å². The van der Waals surface area contributed by atoms with Gasteiger partial charge in [-0.25, -0.2) is 0 Å². The van der Waals surface area contributed by atoms with Gasteiger partial charge in [0.15, 0.2) is 0 Å². The van der Waals surface area contributed by atoms with Crippen LogP contribution >= 0.6 is 0 Å². The summed E-state index contributed by atoms with van der Waals surface area (Å²) >= 11 is 0. The van der Waals surface area contributed by atoms with Crippen LogP contribution in [0.2, 0.25) is 0 Å². The largest absolute Gasteiger partial charge is 0.324 e.